The molecular weight excluding hydrogens is 585 g/mol. The van der Waals surface area contributed by atoms with E-state index >= 15 is 0 Å². The zero-order chi connectivity index (χ0) is 32.2. The van der Waals surface area contributed by atoms with Crippen molar-refractivity contribution < 1.29 is 18.3 Å². The Balaban J connectivity index is 1.48. The Morgan fingerprint density at radius 2 is 1.43 bits per heavy atom. The summed E-state index contributed by atoms with van der Waals surface area (Å²) in [6.07, 6.45) is 0.0836. The van der Waals surface area contributed by atoms with Gasteiger partial charge in [-0.1, -0.05) is 69.3 Å². The molecule has 0 aliphatic rings. The summed E-state index contributed by atoms with van der Waals surface area (Å²) in [5, 5.41) is 11.1. The van der Waals surface area contributed by atoms with E-state index in [0.717, 1.165) is 28.9 Å². The lowest BCUT2D eigenvalue weighted by atomic mass is 9.87. The average Bonchev–Trinajstić information content (AvgIpc) is 3.44. The van der Waals surface area contributed by atoms with Crippen molar-refractivity contribution in [1.82, 2.24) is 19.5 Å². The van der Waals surface area contributed by atoms with Crippen LogP contribution in [0.5, 0.6) is 5.75 Å². The Hall–Kier alpha value is -5.50. The minimum absolute atomic E-state index is 0.0338. The fourth-order valence-corrected chi connectivity index (χ4v) is 5.90. The summed E-state index contributed by atoms with van der Waals surface area (Å²) >= 11 is 0. The van der Waals surface area contributed by atoms with Crippen LogP contribution in [0.2, 0.25) is 0 Å². The zero-order valence-corrected chi connectivity index (χ0v) is 25.3. The Morgan fingerprint density at radius 3 is 2.17 bits per heavy atom. The highest BCUT2D eigenvalue weighted by Crippen LogP contribution is 2.40. The number of aromatic nitrogens is 4. The first-order valence-corrected chi connectivity index (χ1v) is 14.8. The minimum Gasteiger partial charge on any atom is -0.506 e. The van der Waals surface area contributed by atoms with Crippen molar-refractivity contribution in [1.29, 1.82) is 0 Å². The molecule has 3 heterocycles. The molecule has 3 aromatic heterocycles. The van der Waals surface area contributed by atoms with Gasteiger partial charge in [0.2, 0.25) is 0 Å². The molecule has 1 N–H and O–H groups in total. The van der Waals surface area contributed by atoms with Crippen molar-refractivity contribution in [2.75, 3.05) is 0 Å². The van der Waals surface area contributed by atoms with E-state index in [2.05, 4.69) is 55.0 Å². The Bertz CT molecular complexity index is 2250. The topological polar surface area (TPSA) is 63.8 Å². The highest BCUT2D eigenvalue weighted by Gasteiger charge is 2.32. The van der Waals surface area contributed by atoms with E-state index in [1.165, 1.54) is 11.8 Å². The summed E-state index contributed by atoms with van der Waals surface area (Å²) in [5.41, 5.74) is 6.22. The number of nitrogens with zero attached hydrogens (tertiary/aromatic N) is 4. The number of imidazole rings is 1. The van der Waals surface area contributed by atoms with Crippen LogP contribution < -0.4 is 0 Å². The van der Waals surface area contributed by atoms with Gasteiger partial charge in [0, 0.05) is 45.7 Å². The Kier molecular flexibility index (Phi) is 6.89. The van der Waals surface area contributed by atoms with Crippen LogP contribution in [-0.2, 0) is 11.6 Å². The highest BCUT2D eigenvalue weighted by atomic mass is 19.4. The van der Waals surface area contributed by atoms with Gasteiger partial charge in [0.15, 0.2) is 0 Å². The number of pyridine rings is 2. The lowest BCUT2D eigenvalue weighted by molar-refractivity contribution is -0.137. The van der Waals surface area contributed by atoms with Crippen LogP contribution in [0.3, 0.4) is 0 Å². The van der Waals surface area contributed by atoms with Crippen LogP contribution in [0.15, 0.2) is 116 Å². The molecule has 4 aromatic carbocycles. The van der Waals surface area contributed by atoms with Crippen LogP contribution in [0.1, 0.15) is 31.9 Å². The second-order valence-corrected chi connectivity index (χ2v) is 12.3. The van der Waals surface area contributed by atoms with Crippen molar-refractivity contribution >= 4 is 21.9 Å². The van der Waals surface area contributed by atoms with Crippen molar-refractivity contribution in [3.05, 3.63) is 127 Å². The predicted octanol–water partition coefficient (Wildman–Crippen LogP) is 9.99. The largest absolute Gasteiger partial charge is 0.506 e. The number of rotatable bonds is 4. The molecule has 0 atom stereocenters. The maximum atomic E-state index is 14.0. The summed E-state index contributed by atoms with van der Waals surface area (Å²) in [5.74, 6) is 0.636. The number of hydrogen-bond donors (Lipinski definition) is 1. The average molecular weight is 615 g/mol. The third-order valence-electron chi connectivity index (χ3n) is 8.23. The monoisotopic (exact) mass is 614 g/mol. The van der Waals surface area contributed by atoms with Crippen LogP contribution in [0, 0.1) is 0 Å². The highest BCUT2D eigenvalue weighted by molar-refractivity contribution is 5.98. The summed E-state index contributed by atoms with van der Waals surface area (Å²) < 4.78 is 43.9. The van der Waals surface area contributed by atoms with Gasteiger partial charge in [0.05, 0.1) is 28.3 Å². The molecule has 46 heavy (non-hydrogen) atoms. The molecule has 7 rings (SSSR count). The molecule has 8 heteroatoms. The predicted molar refractivity (Wildman–Crippen MR) is 176 cm³/mol. The van der Waals surface area contributed by atoms with Gasteiger partial charge in [-0.25, -0.2) is 4.98 Å². The number of aromatic hydroxyl groups is 1. The van der Waals surface area contributed by atoms with Gasteiger partial charge >= 0.3 is 6.18 Å². The van der Waals surface area contributed by atoms with E-state index < -0.39 is 11.7 Å². The molecule has 0 aliphatic heterocycles. The third kappa shape index (κ3) is 5.15. The molecule has 5 nitrogen and oxygen atoms in total. The molecule has 228 valence electrons. The first-order chi connectivity index (χ1) is 22.0. The first-order valence-electron chi connectivity index (χ1n) is 14.8. The minimum atomic E-state index is -4.52. The molecule has 0 bridgehead atoms. The van der Waals surface area contributed by atoms with E-state index in [-0.39, 0.29) is 11.2 Å². The molecule has 7 aromatic rings. The quantitative estimate of drug-likeness (QED) is 0.214. The van der Waals surface area contributed by atoms with E-state index in [9.17, 15) is 18.3 Å². The van der Waals surface area contributed by atoms with Crippen LogP contribution in [0.4, 0.5) is 13.2 Å². The summed E-state index contributed by atoms with van der Waals surface area (Å²) in [6.45, 7) is 6.47. The molecule has 0 saturated heterocycles. The molecule has 0 radical (unpaired) electrons. The number of halogens is 3. The molecule has 0 fully saturated rings. The summed E-state index contributed by atoms with van der Waals surface area (Å²) in [7, 11) is 0. The van der Waals surface area contributed by atoms with Gasteiger partial charge in [0.25, 0.3) is 0 Å². The number of para-hydroxylation sites is 1. The standard InChI is InChI=1S/C38H29F3N4O/c1-37(2,3)26-12-14-28(15-13-26)45-32-11-5-10-30(29-16-18-42-22-33(29)46)35(32)44-36(45)25-8-4-7-23(19-25)31-21-27(38(39,40)41)20-24-9-6-17-43-34(24)31/h4-22,46H,1-3H3. The third-order valence-corrected chi connectivity index (χ3v) is 8.23. The van der Waals surface area contributed by atoms with E-state index in [1.54, 1.807) is 36.7 Å². The lowest BCUT2D eigenvalue weighted by Gasteiger charge is -2.20. The number of benzene rings is 4. The second kappa shape index (κ2) is 10.8. The van der Waals surface area contributed by atoms with Gasteiger partial charge < -0.3 is 5.11 Å². The van der Waals surface area contributed by atoms with Crippen molar-refractivity contribution in [2.24, 2.45) is 0 Å². The van der Waals surface area contributed by atoms with Crippen LogP contribution >= 0.6 is 0 Å². The zero-order valence-electron chi connectivity index (χ0n) is 25.3. The fraction of sp³-hybridized carbons (Fsp3) is 0.132. The SMILES string of the molecule is CC(C)(C)c1ccc(-n2c(-c3cccc(-c4cc(C(F)(F)F)cc5cccnc45)c3)nc3c(-c4ccncc4O)cccc32)cc1. The number of fused-ring (bicyclic) bond motifs is 2. The van der Waals surface area contributed by atoms with Crippen LogP contribution in [-0.4, -0.2) is 24.6 Å². The molecule has 0 unspecified atom stereocenters. The normalized spacial score (nSPS) is 12.2. The van der Waals surface area contributed by atoms with Crippen molar-refractivity contribution in [3.63, 3.8) is 0 Å². The molecule has 0 aliphatic carbocycles. The first kappa shape index (κ1) is 29.2. The lowest BCUT2D eigenvalue weighted by Crippen LogP contribution is -2.11. The number of alkyl halides is 3. The maximum Gasteiger partial charge on any atom is 0.416 e. The van der Waals surface area contributed by atoms with E-state index in [0.29, 0.717) is 44.5 Å². The van der Waals surface area contributed by atoms with Gasteiger partial charge in [-0.15, -0.1) is 0 Å². The maximum absolute atomic E-state index is 14.0. The van der Waals surface area contributed by atoms with Crippen molar-refractivity contribution in [2.45, 2.75) is 32.4 Å². The Labute approximate surface area is 263 Å². The molecule has 0 saturated carbocycles. The summed E-state index contributed by atoms with van der Waals surface area (Å²) in [4.78, 5) is 13.6. The summed E-state index contributed by atoms with van der Waals surface area (Å²) in [6, 6.07) is 28.8. The number of hydrogen-bond acceptors (Lipinski definition) is 4. The smallest absolute Gasteiger partial charge is 0.416 e. The van der Waals surface area contributed by atoms with Gasteiger partial charge in [-0.3, -0.25) is 14.5 Å². The van der Waals surface area contributed by atoms with Gasteiger partial charge in [0.1, 0.15) is 11.6 Å². The van der Waals surface area contributed by atoms with Gasteiger partial charge in [-0.2, -0.15) is 13.2 Å². The molecular formula is C38H29F3N4O. The van der Waals surface area contributed by atoms with Crippen molar-refractivity contribution in [3.8, 4) is 45.1 Å². The molecule has 0 amide bonds. The second-order valence-electron chi connectivity index (χ2n) is 12.3. The van der Waals surface area contributed by atoms with Crippen LogP contribution in [0.25, 0.3) is 61.3 Å². The van der Waals surface area contributed by atoms with Gasteiger partial charge in [-0.05, 0) is 65.1 Å². The molecule has 0 spiro atoms. The van der Waals surface area contributed by atoms with E-state index in [4.69, 9.17) is 4.98 Å². The fourth-order valence-electron chi connectivity index (χ4n) is 5.90. The Morgan fingerprint density at radius 1 is 0.674 bits per heavy atom. The van der Waals surface area contributed by atoms with E-state index in [1.807, 2.05) is 41.0 Å².